The van der Waals surface area contributed by atoms with Crippen LogP contribution in [0.5, 0.6) is 0 Å². The van der Waals surface area contributed by atoms with Crippen LogP contribution in [0.3, 0.4) is 0 Å². The van der Waals surface area contributed by atoms with E-state index in [4.69, 9.17) is 0 Å². The third-order valence-electron chi connectivity index (χ3n) is 5.30. The van der Waals surface area contributed by atoms with Crippen molar-refractivity contribution in [2.24, 2.45) is 0 Å². The third-order valence-corrected chi connectivity index (χ3v) is 5.30. The molecule has 0 radical (unpaired) electrons. The van der Waals surface area contributed by atoms with Crippen LogP contribution in [0.2, 0.25) is 0 Å². The lowest BCUT2D eigenvalue weighted by atomic mass is 9.91. The second kappa shape index (κ2) is 5.80. The highest BCUT2D eigenvalue weighted by atomic mass is 16.3. The molecule has 0 bridgehead atoms. The summed E-state index contributed by atoms with van der Waals surface area (Å²) in [5, 5.41) is 10.3. The van der Waals surface area contributed by atoms with E-state index in [1.165, 1.54) is 11.1 Å². The van der Waals surface area contributed by atoms with Crippen molar-refractivity contribution in [2.75, 3.05) is 6.54 Å². The highest BCUT2D eigenvalue weighted by Crippen LogP contribution is 2.43. The molecule has 114 valence electrons. The van der Waals surface area contributed by atoms with Crippen LogP contribution in [0.25, 0.3) is 0 Å². The Balaban J connectivity index is 1.64. The summed E-state index contributed by atoms with van der Waals surface area (Å²) in [5.41, 5.74) is 2.23. The van der Waals surface area contributed by atoms with E-state index in [0.29, 0.717) is 6.42 Å². The molecule has 1 heterocycles. The minimum Gasteiger partial charge on any atom is -0.391 e. The van der Waals surface area contributed by atoms with Gasteiger partial charge in [-0.15, -0.1) is 0 Å². The molecule has 0 aromatic heterocycles. The Kier molecular flexibility index (Phi) is 4.03. The zero-order valence-corrected chi connectivity index (χ0v) is 12.8. The largest absolute Gasteiger partial charge is 0.391 e. The molecule has 1 aromatic carbocycles. The van der Waals surface area contributed by atoms with Gasteiger partial charge in [-0.2, -0.15) is 0 Å². The monoisotopic (exact) mass is 287 g/mol. The molecular weight excluding hydrogens is 262 g/mol. The van der Waals surface area contributed by atoms with Gasteiger partial charge in [0.25, 0.3) is 0 Å². The molecule has 21 heavy (non-hydrogen) atoms. The van der Waals surface area contributed by atoms with Gasteiger partial charge < -0.3 is 10.0 Å². The summed E-state index contributed by atoms with van der Waals surface area (Å²) in [5.74, 6) is 0.217. The van der Waals surface area contributed by atoms with Crippen LogP contribution in [0.4, 0.5) is 0 Å². The number of rotatable bonds is 3. The van der Waals surface area contributed by atoms with Crippen molar-refractivity contribution in [1.29, 1.82) is 0 Å². The molecule has 1 spiro atoms. The van der Waals surface area contributed by atoms with Crippen molar-refractivity contribution in [2.45, 2.75) is 63.5 Å². The Hall–Kier alpha value is -1.35. The van der Waals surface area contributed by atoms with Crippen LogP contribution in [-0.2, 0) is 11.2 Å². The number of hydrogen-bond donors (Lipinski definition) is 1. The van der Waals surface area contributed by atoms with E-state index in [1.54, 1.807) is 0 Å². The predicted molar refractivity (Wildman–Crippen MR) is 83.0 cm³/mol. The first kappa shape index (κ1) is 14.6. The number of likely N-dealkylation sites (tertiary alicyclic amines) is 1. The van der Waals surface area contributed by atoms with E-state index < -0.39 is 0 Å². The number of aliphatic hydroxyl groups excluding tert-OH is 1. The van der Waals surface area contributed by atoms with E-state index in [2.05, 4.69) is 31.2 Å². The average Bonchev–Trinajstić information content (AvgIpc) is 3.08. The van der Waals surface area contributed by atoms with Crippen LogP contribution in [0.15, 0.2) is 24.3 Å². The molecule has 2 fully saturated rings. The second-order valence-corrected chi connectivity index (χ2v) is 6.65. The molecule has 1 aliphatic carbocycles. The summed E-state index contributed by atoms with van der Waals surface area (Å²) in [7, 11) is 0. The van der Waals surface area contributed by atoms with Crippen LogP contribution in [-0.4, -0.2) is 34.1 Å². The molecule has 3 heteroatoms. The Morgan fingerprint density at radius 2 is 1.95 bits per heavy atom. The minimum absolute atomic E-state index is 0.217. The van der Waals surface area contributed by atoms with Crippen LogP contribution >= 0.6 is 0 Å². The van der Waals surface area contributed by atoms with Crippen molar-refractivity contribution in [3.8, 4) is 0 Å². The minimum atomic E-state index is -0.316. The number of aryl methyl sites for hydroxylation is 2. The molecular formula is C18H25NO2. The Morgan fingerprint density at radius 3 is 2.62 bits per heavy atom. The van der Waals surface area contributed by atoms with Gasteiger partial charge in [0.1, 0.15) is 0 Å². The molecule has 3 nitrogen and oxygen atoms in total. The smallest absolute Gasteiger partial charge is 0.223 e. The van der Waals surface area contributed by atoms with Crippen molar-refractivity contribution in [1.82, 2.24) is 4.90 Å². The summed E-state index contributed by atoms with van der Waals surface area (Å²) >= 11 is 0. The number of carbonyl (C=O) groups excluding carboxylic acids is 1. The molecule has 1 unspecified atom stereocenters. The number of benzene rings is 1. The number of amides is 1. The van der Waals surface area contributed by atoms with E-state index in [-0.39, 0.29) is 17.6 Å². The Labute approximate surface area is 127 Å². The van der Waals surface area contributed by atoms with Gasteiger partial charge in [0.05, 0.1) is 11.6 Å². The maximum absolute atomic E-state index is 12.6. The van der Waals surface area contributed by atoms with Gasteiger partial charge in [0.15, 0.2) is 0 Å². The maximum atomic E-state index is 12.6. The van der Waals surface area contributed by atoms with E-state index >= 15 is 0 Å². The first-order valence-corrected chi connectivity index (χ1v) is 8.16. The lowest BCUT2D eigenvalue weighted by Gasteiger charge is -2.37. The van der Waals surface area contributed by atoms with E-state index in [0.717, 1.165) is 45.1 Å². The summed E-state index contributed by atoms with van der Waals surface area (Å²) < 4.78 is 0. The fourth-order valence-electron chi connectivity index (χ4n) is 4.03. The average molecular weight is 287 g/mol. The molecule has 1 saturated carbocycles. The van der Waals surface area contributed by atoms with Gasteiger partial charge in [0, 0.05) is 13.0 Å². The molecule has 1 N–H and O–H groups in total. The van der Waals surface area contributed by atoms with Gasteiger partial charge in [-0.3, -0.25) is 4.79 Å². The topological polar surface area (TPSA) is 40.5 Å². The lowest BCUT2D eigenvalue weighted by molar-refractivity contribution is -0.137. The van der Waals surface area contributed by atoms with Gasteiger partial charge in [-0.25, -0.2) is 0 Å². The van der Waals surface area contributed by atoms with Gasteiger partial charge in [-0.1, -0.05) is 42.7 Å². The predicted octanol–water partition coefficient (Wildman–Crippen LogP) is 2.83. The van der Waals surface area contributed by atoms with Crippen molar-refractivity contribution in [3.05, 3.63) is 35.4 Å². The summed E-state index contributed by atoms with van der Waals surface area (Å²) in [6.45, 7) is 2.80. The van der Waals surface area contributed by atoms with Crippen molar-refractivity contribution < 1.29 is 9.90 Å². The first-order chi connectivity index (χ1) is 10.1. The zero-order chi connectivity index (χ0) is 14.9. The summed E-state index contributed by atoms with van der Waals surface area (Å²) in [6.07, 6.45) is 6.01. The lowest BCUT2D eigenvalue weighted by Crippen LogP contribution is -2.50. The Morgan fingerprint density at radius 1 is 1.29 bits per heavy atom. The molecule has 2 aliphatic rings. The number of nitrogens with zero attached hydrogens (tertiary/aromatic N) is 1. The third kappa shape index (κ3) is 2.71. The highest BCUT2D eigenvalue weighted by Gasteiger charge is 2.51. The fraction of sp³-hybridized carbons (Fsp3) is 0.611. The first-order valence-electron chi connectivity index (χ1n) is 8.16. The number of aliphatic hydroxyl groups is 1. The van der Waals surface area contributed by atoms with Gasteiger partial charge >= 0.3 is 0 Å². The summed E-state index contributed by atoms with van der Waals surface area (Å²) in [6, 6.07) is 8.40. The molecule has 3 rings (SSSR count). The zero-order valence-electron chi connectivity index (χ0n) is 12.8. The second-order valence-electron chi connectivity index (χ2n) is 6.65. The molecule has 1 aromatic rings. The fourth-order valence-corrected chi connectivity index (χ4v) is 4.03. The molecule has 1 aliphatic heterocycles. The molecule has 1 saturated heterocycles. The molecule has 1 amide bonds. The quantitative estimate of drug-likeness (QED) is 0.928. The number of hydrogen-bond acceptors (Lipinski definition) is 2. The Bertz CT molecular complexity index is 502. The van der Waals surface area contributed by atoms with Crippen LogP contribution < -0.4 is 0 Å². The van der Waals surface area contributed by atoms with E-state index in [1.807, 2.05) is 4.90 Å². The summed E-state index contributed by atoms with van der Waals surface area (Å²) in [4.78, 5) is 14.6. The normalized spacial score (nSPS) is 23.9. The maximum Gasteiger partial charge on any atom is 0.223 e. The van der Waals surface area contributed by atoms with Crippen LogP contribution in [0, 0.1) is 6.92 Å². The molecule has 1 atom stereocenters. The van der Waals surface area contributed by atoms with Gasteiger partial charge in [-0.05, 0) is 38.2 Å². The number of carbonyl (C=O) groups is 1. The van der Waals surface area contributed by atoms with Gasteiger partial charge in [0.2, 0.25) is 5.91 Å². The van der Waals surface area contributed by atoms with Crippen molar-refractivity contribution in [3.63, 3.8) is 0 Å². The highest BCUT2D eigenvalue weighted by molar-refractivity contribution is 5.78. The van der Waals surface area contributed by atoms with E-state index in [9.17, 15) is 9.90 Å². The standard InChI is InChI=1S/C18H25NO2/c1-14-4-6-15(7-5-14)8-9-17(21)19-13-10-16(20)18(19)11-2-3-12-18/h4-7,16,20H,2-3,8-13H2,1H3. The SMILES string of the molecule is Cc1ccc(CCC(=O)N2CCC(O)C23CCCC3)cc1. The van der Waals surface area contributed by atoms with Crippen LogP contribution in [0.1, 0.15) is 49.7 Å². The van der Waals surface area contributed by atoms with Crippen molar-refractivity contribution >= 4 is 5.91 Å².